The molecule has 1 heterocycles. The number of rotatable bonds is 6. The minimum atomic E-state index is -3.80. The van der Waals surface area contributed by atoms with Crippen molar-refractivity contribution in [3.63, 3.8) is 0 Å². The molecule has 0 spiro atoms. The molecule has 2 aromatic carbocycles. The van der Waals surface area contributed by atoms with E-state index in [1.807, 2.05) is 31.4 Å². The molecule has 3 aromatic rings. The van der Waals surface area contributed by atoms with E-state index in [1.54, 1.807) is 24.3 Å². The molecule has 1 amide bonds. The molecule has 0 bridgehead atoms. The number of nitrogens with zero attached hydrogens (tertiary/aromatic N) is 1. The van der Waals surface area contributed by atoms with Crippen LogP contribution in [0.1, 0.15) is 25.1 Å². The van der Waals surface area contributed by atoms with E-state index in [0.717, 1.165) is 28.2 Å². The molecule has 0 aliphatic carbocycles. The summed E-state index contributed by atoms with van der Waals surface area (Å²) in [6.45, 7) is 5.68. The smallest absolute Gasteiger partial charge is 0.238 e. The number of halogens is 1. The van der Waals surface area contributed by atoms with E-state index in [9.17, 15) is 17.6 Å². The van der Waals surface area contributed by atoms with Crippen LogP contribution in [0.15, 0.2) is 59.5 Å². The van der Waals surface area contributed by atoms with Crippen molar-refractivity contribution in [2.75, 3.05) is 0 Å². The predicted molar refractivity (Wildman–Crippen MR) is 114 cm³/mol. The number of sulfonamides is 1. The molecule has 0 unspecified atom stereocenters. The van der Waals surface area contributed by atoms with E-state index in [0.29, 0.717) is 0 Å². The number of carbonyl (C=O) groups excluding carboxylic acids is 1. The van der Waals surface area contributed by atoms with Crippen LogP contribution < -0.4 is 10.5 Å². The molecule has 158 valence electrons. The number of hydrogen-bond acceptors (Lipinski definition) is 3. The van der Waals surface area contributed by atoms with Crippen molar-refractivity contribution in [1.82, 2.24) is 9.88 Å². The highest BCUT2D eigenvalue weighted by molar-refractivity contribution is 7.89. The quantitative estimate of drug-likeness (QED) is 0.629. The van der Waals surface area contributed by atoms with Gasteiger partial charge < -0.3 is 9.88 Å². The monoisotopic (exact) mass is 429 g/mol. The van der Waals surface area contributed by atoms with Gasteiger partial charge in [-0.25, -0.2) is 17.9 Å². The van der Waals surface area contributed by atoms with Gasteiger partial charge in [0, 0.05) is 17.4 Å². The fourth-order valence-electron chi connectivity index (χ4n) is 3.33. The fraction of sp³-hybridized carbons (Fsp3) is 0.227. The van der Waals surface area contributed by atoms with Crippen molar-refractivity contribution < 1.29 is 17.6 Å². The van der Waals surface area contributed by atoms with Gasteiger partial charge in [-0.2, -0.15) is 0 Å². The number of nitrogens with one attached hydrogen (secondary N) is 1. The Labute approximate surface area is 175 Å². The van der Waals surface area contributed by atoms with Gasteiger partial charge in [-0.15, -0.1) is 0 Å². The topological polar surface area (TPSA) is 94.2 Å². The van der Waals surface area contributed by atoms with Gasteiger partial charge in [0.1, 0.15) is 5.82 Å². The number of hydrogen-bond donors (Lipinski definition) is 2. The van der Waals surface area contributed by atoms with Gasteiger partial charge in [0.15, 0.2) is 0 Å². The van der Waals surface area contributed by atoms with E-state index in [1.165, 1.54) is 24.3 Å². The predicted octanol–water partition coefficient (Wildman–Crippen LogP) is 3.31. The molecule has 0 aliphatic heterocycles. The second kappa shape index (κ2) is 8.41. The Morgan fingerprint density at radius 3 is 2.23 bits per heavy atom. The maximum Gasteiger partial charge on any atom is 0.238 e. The Bertz CT molecular complexity index is 1170. The molecular weight excluding hydrogens is 405 g/mol. The summed E-state index contributed by atoms with van der Waals surface area (Å²) in [5.41, 5.74) is 3.89. The largest absolute Gasteiger partial charge is 0.354 e. The Balaban J connectivity index is 2.11. The number of nitrogens with two attached hydrogens (primary N) is 1. The molecule has 30 heavy (non-hydrogen) atoms. The van der Waals surface area contributed by atoms with E-state index in [4.69, 9.17) is 5.14 Å². The third-order valence-electron chi connectivity index (χ3n) is 4.72. The van der Waals surface area contributed by atoms with Crippen molar-refractivity contribution in [3.8, 4) is 16.9 Å². The molecule has 3 N–H and O–H groups in total. The lowest BCUT2D eigenvalue weighted by Gasteiger charge is -2.13. The maximum absolute atomic E-state index is 13.5. The first kappa shape index (κ1) is 21.7. The summed E-state index contributed by atoms with van der Waals surface area (Å²) in [5, 5.41) is 8.07. The third-order valence-corrected chi connectivity index (χ3v) is 5.65. The normalized spacial score (nSPS) is 11.7. The fourth-order valence-corrected chi connectivity index (χ4v) is 3.85. The van der Waals surface area contributed by atoms with Crippen LogP contribution in [0.2, 0.25) is 0 Å². The minimum Gasteiger partial charge on any atom is -0.354 e. The second-order valence-electron chi connectivity index (χ2n) is 7.42. The lowest BCUT2D eigenvalue weighted by molar-refractivity contribution is -0.120. The average Bonchev–Trinajstić information content (AvgIpc) is 2.97. The molecule has 0 aliphatic rings. The molecule has 0 fully saturated rings. The molecule has 8 heteroatoms. The van der Waals surface area contributed by atoms with E-state index >= 15 is 0 Å². The molecule has 0 saturated heterocycles. The summed E-state index contributed by atoms with van der Waals surface area (Å²) in [5.74, 6) is -0.445. The highest BCUT2D eigenvalue weighted by Gasteiger charge is 2.18. The Hall–Kier alpha value is -2.97. The number of carbonyl (C=O) groups is 1. The number of aromatic nitrogens is 1. The van der Waals surface area contributed by atoms with Crippen LogP contribution in [0, 0.1) is 12.7 Å². The molecular formula is C22H24FN3O3S. The Kier molecular flexibility index (Phi) is 6.09. The molecule has 0 atom stereocenters. The lowest BCUT2D eigenvalue weighted by Crippen LogP contribution is -2.31. The van der Waals surface area contributed by atoms with Crippen molar-refractivity contribution in [2.24, 2.45) is 5.14 Å². The molecule has 0 saturated carbocycles. The van der Waals surface area contributed by atoms with Crippen LogP contribution in [0.3, 0.4) is 0 Å². The first-order chi connectivity index (χ1) is 14.1. The zero-order valence-corrected chi connectivity index (χ0v) is 17.8. The third kappa shape index (κ3) is 4.77. The number of benzene rings is 2. The van der Waals surface area contributed by atoms with Gasteiger partial charge >= 0.3 is 0 Å². The summed E-state index contributed by atoms with van der Waals surface area (Å²) in [6.07, 6.45) is 0.195. The summed E-state index contributed by atoms with van der Waals surface area (Å²) in [4.78, 5) is 12.3. The first-order valence-electron chi connectivity index (χ1n) is 9.46. The Morgan fingerprint density at radius 2 is 1.70 bits per heavy atom. The molecule has 3 rings (SSSR count). The second-order valence-corrected chi connectivity index (χ2v) is 8.98. The summed E-state index contributed by atoms with van der Waals surface area (Å²) >= 11 is 0. The highest BCUT2D eigenvalue weighted by atomic mass is 32.2. The van der Waals surface area contributed by atoms with Crippen LogP contribution >= 0.6 is 0 Å². The van der Waals surface area contributed by atoms with Gasteiger partial charge in [0.2, 0.25) is 15.9 Å². The number of primary sulfonamides is 1. The van der Waals surface area contributed by atoms with Crippen molar-refractivity contribution in [2.45, 2.75) is 38.1 Å². The van der Waals surface area contributed by atoms with Crippen LogP contribution in [0.25, 0.3) is 16.9 Å². The standard InChI is InChI=1S/C22H24FN3O3S/c1-14(2)25-22(27)13-17-12-21(16-4-10-20(11-5-16)30(24,28)29)26(15(17)3)19-8-6-18(23)7-9-19/h4-12,14H,13H2,1-3H3,(H,25,27)(H2,24,28,29). The van der Waals surface area contributed by atoms with Crippen molar-refractivity contribution in [1.29, 1.82) is 0 Å². The van der Waals surface area contributed by atoms with Crippen LogP contribution in [0.4, 0.5) is 4.39 Å². The van der Waals surface area contributed by atoms with Gasteiger partial charge in [0.25, 0.3) is 0 Å². The minimum absolute atomic E-state index is 0.0133. The van der Waals surface area contributed by atoms with Gasteiger partial charge in [-0.1, -0.05) is 12.1 Å². The zero-order valence-electron chi connectivity index (χ0n) is 17.0. The van der Waals surface area contributed by atoms with E-state index in [2.05, 4.69) is 5.32 Å². The maximum atomic E-state index is 13.5. The van der Waals surface area contributed by atoms with Crippen LogP contribution in [-0.4, -0.2) is 24.9 Å². The molecule has 0 radical (unpaired) electrons. The first-order valence-corrected chi connectivity index (χ1v) is 11.0. The van der Waals surface area contributed by atoms with Crippen LogP contribution in [-0.2, 0) is 21.2 Å². The SMILES string of the molecule is Cc1c(CC(=O)NC(C)C)cc(-c2ccc(S(N)(=O)=O)cc2)n1-c1ccc(F)cc1. The number of amides is 1. The zero-order chi connectivity index (χ0) is 22.1. The summed E-state index contributed by atoms with van der Waals surface area (Å²) < 4.78 is 38.5. The summed E-state index contributed by atoms with van der Waals surface area (Å²) in [7, 11) is -3.80. The van der Waals surface area contributed by atoms with E-state index < -0.39 is 10.0 Å². The van der Waals surface area contributed by atoms with Crippen molar-refractivity contribution in [3.05, 3.63) is 71.7 Å². The van der Waals surface area contributed by atoms with Gasteiger partial charge in [0.05, 0.1) is 17.0 Å². The Morgan fingerprint density at radius 1 is 1.10 bits per heavy atom. The van der Waals surface area contributed by atoms with Crippen molar-refractivity contribution >= 4 is 15.9 Å². The van der Waals surface area contributed by atoms with E-state index in [-0.39, 0.29) is 29.1 Å². The van der Waals surface area contributed by atoms with Gasteiger partial charge in [-0.3, -0.25) is 4.79 Å². The lowest BCUT2D eigenvalue weighted by atomic mass is 10.1. The molecule has 6 nitrogen and oxygen atoms in total. The summed E-state index contributed by atoms with van der Waals surface area (Å²) in [6, 6.07) is 14.2. The average molecular weight is 430 g/mol. The van der Waals surface area contributed by atoms with Crippen LogP contribution in [0.5, 0.6) is 0 Å². The molecule has 1 aromatic heterocycles. The highest BCUT2D eigenvalue weighted by Crippen LogP contribution is 2.30. The van der Waals surface area contributed by atoms with Gasteiger partial charge in [-0.05, 0) is 74.4 Å².